The molecule has 610 valence electrons. The number of carboxylic acid groups (broad SMARTS) is 1. The highest BCUT2D eigenvalue weighted by Gasteiger charge is 2.25. The van der Waals surface area contributed by atoms with Gasteiger partial charge in [0, 0.05) is 12.8 Å². The van der Waals surface area contributed by atoms with Crippen LogP contribution in [0, 0.1) is 0 Å². The highest BCUT2D eigenvalue weighted by Crippen LogP contribution is 2.20. The number of carboxylic acids is 1. The summed E-state index contributed by atoms with van der Waals surface area (Å²) in [5.74, 6) is -1.97. The van der Waals surface area contributed by atoms with Crippen LogP contribution in [0.2, 0.25) is 0 Å². The number of carbonyl (C=O) groups is 3. The smallest absolute Gasteiger partial charge is 0.361 e. The maximum absolute atomic E-state index is 13.0. The monoisotopic (exact) mass is 1470 g/mol. The maximum Gasteiger partial charge on any atom is 0.361 e. The first-order chi connectivity index (χ1) is 51.6. The number of nitrogens with zero attached hydrogens (tertiary/aromatic N) is 1. The van der Waals surface area contributed by atoms with Gasteiger partial charge in [-0.1, -0.05) is 426 Å². The average Bonchev–Trinajstić information content (AvgIpc) is 1.97. The summed E-state index contributed by atoms with van der Waals surface area (Å²) in [4.78, 5) is 37.8. The fourth-order valence-corrected chi connectivity index (χ4v) is 13.5. The number of carbonyl (C=O) groups excluding carboxylic acids is 2. The van der Waals surface area contributed by atoms with Crippen molar-refractivity contribution in [3.8, 4) is 0 Å². The van der Waals surface area contributed by atoms with Crippen LogP contribution >= 0.6 is 0 Å². The normalized spacial score (nSPS) is 13.0. The largest absolute Gasteiger partial charge is 0.477 e. The Morgan fingerprint density at radius 3 is 0.810 bits per heavy atom. The van der Waals surface area contributed by atoms with Gasteiger partial charge in [0.2, 0.25) is 0 Å². The van der Waals surface area contributed by atoms with E-state index in [2.05, 4.69) is 111 Å². The molecule has 105 heavy (non-hydrogen) atoms. The number of esters is 2. The summed E-state index contributed by atoms with van der Waals surface area (Å²) in [6.07, 6.45) is 118. The number of hydrogen-bond donors (Lipinski definition) is 1. The number of ether oxygens (including phenoxy) is 4. The predicted octanol–water partition coefficient (Wildman–Crippen LogP) is 29.8. The number of unbranched alkanes of at least 4 members (excludes halogenated alkanes) is 54. The summed E-state index contributed by atoms with van der Waals surface area (Å²) >= 11 is 0. The van der Waals surface area contributed by atoms with Crippen LogP contribution in [0.25, 0.3) is 0 Å². The predicted molar refractivity (Wildman–Crippen MR) is 456 cm³/mol. The van der Waals surface area contributed by atoms with Gasteiger partial charge in [-0.05, 0) is 96.3 Å². The Morgan fingerprint density at radius 1 is 0.295 bits per heavy atom. The first-order valence-electron chi connectivity index (χ1n) is 45.4. The van der Waals surface area contributed by atoms with Gasteiger partial charge in [0.25, 0.3) is 6.29 Å². The second kappa shape index (κ2) is 85.8. The molecule has 0 aliphatic rings. The van der Waals surface area contributed by atoms with Gasteiger partial charge in [0.05, 0.1) is 34.4 Å². The highest BCUT2D eigenvalue weighted by atomic mass is 16.7. The summed E-state index contributed by atoms with van der Waals surface area (Å²) in [7, 11) is 6.00. The molecular weight excluding hydrogens is 1300 g/mol. The first kappa shape index (κ1) is 101. The molecule has 0 saturated heterocycles. The minimum Gasteiger partial charge on any atom is -0.477 e. The third-order valence-electron chi connectivity index (χ3n) is 20.3. The van der Waals surface area contributed by atoms with Gasteiger partial charge >= 0.3 is 17.9 Å². The molecule has 1 N–H and O–H groups in total. The molecule has 0 aliphatic carbocycles. The number of likely N-dealkylation sites (N-methyl/N-ethyl adjacent to an activating group) is 1. The zero-order valence-electron chi connectivity index (χ0n) is 70.1. The summed E-state index contributed by atoms with van der Waals surface area (Å²) < 4.78 is 23.1. The third kappa shape index (κ3) is 87.3. The van der Waals surface area contributed by atoms with E-state index in [-0.39, 0.29) is 38.2 Å². The number of quaternary nitrogens is 1. The van der Waals surface area contributed by atoms with Gasteiger partial charge in [0.1, 0.15) is 13.2 Å². The van der Waals surface area contributed by atoms with E-state index >= 15 is 0 Å². The second-order valence-electron chi connectivity index (χ2n) is 31.9. The molecule has 0 heterocycles. The van der Waals surface area contributed by atoms with E-state index in [0.717, 1.165) is 83.5 Å². The fourth-order valence-electron chi connectivity index (χ4n) is 13.5. The number of allylic oxidation sites excluding steroid dienone is 16. The summed E-state index contributed by atoms with van der Waals surface area (Å²) in [5, 5.41) is 9.80. The molecule has 0 rings (SSSR count). The number of aliphatic carboxylic acids is 1. The van der Waals surface area contributed by atoms with Crippen LogP contribution in [0.1, 0.15) is 438 Å². The number of hydrogen-bond acceptors (Lipinski definition) is 7. The van der Waals surface area contributed by atoms with Gasteiger partial charge < -0.3 is 28.5 Å². The highest BCUT2D eigenvalue weighted by molar-refractivity contribution is 5.71. The molecule has 2 atom stereocenters. The molecule has 0 bridgehead atoms. The van der Waals surface area contributed by atoms with Crippen molar-refractivity contribution in [1.82, 2.24) is 0 Å². The van der Waals surface area contributed by atoms with Crippen LogP contribution in [-0.4, -0.2) is 87.4 Å². The zero-order chi connectivity index (χ0) is 76.0. The van der Waals surface area contributed by atoms with Crippen molar-refractivity contribution in [2.75, 3.05) is 47.5 Å². The third-order valence-corrected chi connectivity index (χ3v) is 20.3. The molecule has 0 aromatic rings. The minimum atomic E-state index is -1.51. The number of rotatable bonds is 85. The summed E-state index contributed by atoms with van der Waals surface area (Å²) in [6, 6.07) is 0. The molecule has 0 fully saturated rings. The Bertz CT molecular complexity index is 2060. The quantitative estimate of drug-likeness (QED) is 0.0211. The zero-order valence-corrected chi connectivity index (χ0v) is 70.1. The molecule has 0 amide bonds. The van der Waals surface area contributed by atoms with Crippen molar-refractivity contribution in [3.63, 3.8) is 0 Å². The van der Waals surface area contributed by atoms with Crippen LogP contribution in [0.3, 0.4) is 0 Å². The molecule has 2 unspecified atom stereocenters. The van der Waals surface area contributed by atoms with Crippen LogP contribution in [0.4, 0.5) is 0 Å². The Balaban J connectivity index is 3.91. The maximum atomic E-state index is 13.0. The van der Waals surface area contributed by atoms with E-state index in [1.54, 1.807) is 0 Å². The summed E-state index contributed by atoms with van der Waals surface area (Å²) in [5.41, 5.74) is 0. The van der Waals surface area contributed by atoms with Crippen LogP contribution < -0.4 is 0 Å². The molecule has 0 aromatic carbocycles. The van der Waals surface area contributed by atoms with Gasteiger partial charge in [-0.25, -0.2) is 4.79 Å². The Labute approximate surface area is 652 Å². The topological polar surface area (TPSA) is 108 Å². The lowest BCUT2D eigenvalue weighted by atomic mass is 10.0. The van der Waals surface area contributed by atoms with E-state index in [4.69, 9.17) is 18.9 Å². The van der Waals surface area contributed by atoms with Crippen molar-refractivity contribution in [2.24, 2.45) is 0 Å². The minimum absolute atomic E-state index is 0.178. The van der Waals surface area contributed by atoms with Gasteiger partial charge in [-0.2, -0.15) is 0 Å². The molecular formula is C96H174NO8+. The van der Waals surface area contributed by atoms with Crippen molar-refractivity contribution >= 4 is 17.9 Å². The SMILES string of the molecule is CC/C=C\C/C=C\C/C=C\C/C=C\C/C=C\C/C=C\CCCCCCCCCCCCCCCCCCCCCCC(=O)OC(COC(=O)CCCCCCCCCCCCCCCCCCCCCCCCCCCCCCC/C=C\C/C=C\CCCCCCC)COC(OCC[N+](C)(C)C)C(=O)O. The van der Waals surface area contributed by atoms with E-state index in [1.807, 2.05) is 21.1 Å². The van der Waals surface area contributed by atoms with Crippen LogP contribution in [0.5, 0.6) is 0 Å². The van der Waals surface area contributed by atoms with Gasteiger partial charge in [0.15, 0.2) is 6.10 Å². The molecule has 0 aliphatic heterocycles. The van der Waals surface area contributed by atoms with Crippen molar-refractivity contribution < 1.29 is 42.9 Å². The van der Waals surface area contributed by atoms with Crippen molar-refractivity contribution in [3.05, 3.63) is 97.2 Å². The van der Waals surface area contributed by atoms with E-state index in [0.29, 0.717) is 17.4 Å². The van der Waals surface area contributed by atoms with Crippen LogP contribution in [-0.2, 0) is 33.3 Å². The Kier molecular flexibility index (Phi) is 82.7. The molecule has 0 aromatic heterocycles. The standard InChI is InChI=1S/C96H173NO8/c1-6-8-10-12-14-16-18-20-22-24-26-28-30-32-34-36-38-40-42-44-46-47-49-50-52-54-56-58-60-62-64-66-68-70-72-74-76-78-80-82-84-86-93(98)103-90-92(91-104-96(95(100)101)102-89-88-97(3,4)5)105-94(99)87-85-83-81-79-77-75-73-71-69-67-65-63-61-59-57-55-53-51-48-45-43-41-39-37-35-33-31-29-27-25-23-21-19-17-15-13-11-9-7-2/h9,11,15,17-18,20-21,23-24,26-27,29,33,35,39,41,92,96H,6-8,10,12-14,16,19,22,25,28,30-32,34,36-38,40,42-91H2,1-5H3/p+1/b11-9-,17-15-,20-18-,23-21-,26-24-,29-27-,35-33-,41-39-. The molecule has 0 saturated carbocycles. The van der Waals surface area contributed by atoms with Crippen molar-refractivity contribution in [1.29, 1.82) is 0 Å². The second-order valence-corrected chi connectivity index (χ2v) is 31.9. The molecule has 0 radical (unpaired) electrons. The van der Waals surface area contributed by atoms with E-state index in [1.165, 1.54) is 327 Å². The van der Waals surface area contributed by atoms with Gasteiger partial charge in [-0.15, -0.1) is 0 Å². The van der Waals surface area contributed by atoms with Crippen molar-refractivity contribution in [2.45, 2.75) is 450 Å². The van der Waals surface area contributed by atoms with E-state index < -0.39 is 18.4 Å². The lowest BCUT2D eigenvalue weighted by Crippen LogP contribution is -2.40. The Morgan fingerprint density at radius 2 is 0.543 bits per heavy atom. The lowest BCUT2D eigenvalue weighted by Gasteiger charge is -2.25. The lowest BCUT2D eigenvalue weighted by molar-refractivity contribution is -0.870. The van der Waals surface area contributed by atoms with E-state index in [9.17, 15) is 19.5 Å². The average molecular weight is 1470 g/mol. The molecule has 9 heteroatoms. The molecule has 0 spiro atoms. The van der Waals surface area contributed by atoms with Crippen LogP contribution in [0.15, 0.2) is 97.2 Å². The summed E-state index contributed by atoms with van der Waals surface area (Å²) in [6.45, 7) is 4.82. The van der Waals surface area contributed by atoms with Gasteiger partial charge in [-0.3, -0.25) is 9.59 Å². The first-order valence-corrected chi connectivity index (χ1v) is 45.4. The Hall–Kier alpha value is -3.79. The molecule has 9 nitrogen and oxygen atoms in total. The fraction of sp³-hybridized carbons (Fsp3) is 0.802.